The van der Waals surface area contributed by atoms with Gasteiger partial charge in [-0.1, -0.05) is 18.2 Å². The summed E-state index contributed by atoms with van der Waals surface area (Å²) in [5.74, 6) is -0.959. The Hall–Kier alpha value is -1.88. The molecule has 0 aliphatic heterocycles. The summed E-state index contributed by atoms with van der Waals surface area (Å²) >= 11 is 0. The molecule has 16 heavy (non-hydrogen) atoms. The van der Waals surface area contributed by atoms with Crippen LogP contribution >= 0.6 is 0 Å². The second-order valence-corrected chi connectivity index (χ2v) is 3.52. The van der Waals surface area contributed by atoms with E-state index in [2.05, 4.69) is 10.2 Å². The maximum Gasteiger partial charge on any atom is 0.333 e. The number of hydrogen-bond donors (Lipinski definition) is 2. The van der Waals surface area contributed by atoms with Crippen molar-refractivity contribution in [1.82, 2.24) is 10.2 Å². The summed E-state index contributed by atoms with van der Waals surface area (Å²) in [6, 6.07) is 5.67. The largest absolute Gasteiger partial charge is 0.479 e. The highest BCUT2D eigenvalue weighted by molar-refractivity contribution is 5.82. The highest BCUT2D eigenvalue weighted by Crippen LogP contribution is 2.17. The third kappa shape index (κ3) is 1.90. The van der Waals surface area contributed by atoms with E-state index >= 15 is 0 Å². The molecule has 0 fully saturated rings. The van der Waals surface area contributed by atoms with Crippen LogP contribution in [-0.4, -0.2) is 34.5 Å². The lowest BCUT2D eigenvalue weighted by Gasteiger charge is -2.10. The molecule has 0 aliphatic rings. The fourth-order valence-corrected chi connectivity index (χ4v) is 1.67. The number of aliphatic carboxylic acids is 1. The van der Waals surface area contributed by atoms with Crippen molar-refractivity contribution < 1.29 is 14.6 Å². The summed E-state index contributed by atoms with van der Waals surface area (Å²) in [7, 11) is 1.39. The molecule has 0 aliphatic carbocycles. The summed E-state index contributed by atoms with van der Waals surface area (Å²) in [6.07, 6.45) is 1.21. The fraction of sp³-hybridized carbons (Fsp3) is 0.273. The van der Waals surface area contributed by atoms with Crippen LogP contribution in [0.15, 0.2) is 24.4 Å². The number of fused-ring (bicyclic) bond motifs is 1. The summed E-state index contributed by atoms with van der Waals surface area (Å²) in [5, 5.41) is 16.7. The first kappa shape index (κ1) is 10.6. The molecule has 1 aromatic carbocycles. The number of ether oxygens (including phenoxy) is 1. The van der Waals surface area contributed by atoms with Crippen LogP contribution in [0, 0.1) is 0 Å². The number of rotatable bonds is 4. The van der Waals surface area contributed by atoms with Gasteiger partial charge in [0.15, 0.2) is 6.10 Å². The number of carboxylic acids is 1. The van der Waals surface area contributed by atoms with Gasteiger partial charge in [-0.2, -0.15) is 5.10 Å². The maximum absolute atomic E-state index is 10.9. The molecule has 0 saturated heterocycles. The summed E-state index contributed by atoms with van der Waals surface area (Å²) < 4.78 is 4.91. The Labute approximate surface area is 92.0 Å². The Balaban J connectivity index is 2.33. The Kier molecular flexibility index (Phi) is 2.87. The van der Waals surface area contributed by atoms with E-state index in [0.717, 1.165) is 16.5 Å². The molecule has 84 valence electrons. The highest BCUT2D eigenvalue weighted by atomic mass is 16.5. The van der Waals surface area contributed by atoms with E-state index in [4.69, 9.17) is 9.84 Å². The zero-order valence-electron chi connectivity index (χ0n) is 8.80. The van der Waals surface area contributed by atoms with Crippen LogP contribution in [0.2, 0.25) is 0 Å². The molecule has 0 radical (unpaired) electrons. The van der Waals surface area contributed by atoms with Crippen molar-refractivity contribution in [1.29, 1.82) is 0 Å². The number of carboxylic acid groups (broad SMARTS) is 1. The lowest BCUT2D eigenvalue weighted by molar-refractivity contribution is -0.148. The number of carbonyl (C=O) groups is 1. The van der Waals surface area contributed by atoms with Crippen molar-refractivity contribution in [3.05, 3.63) is 30.0 Å². The molecule has 5 nitrogen and oxygen atoms in total. The van der Waals surface area contributed by atoms with Crippen molar-refractivity contribution >= 4 is 16.9 Å². The molecule has 1 heterocycles. The molecular formula is C11H12N2O3. The molecule has 2 aromatic rings. The highest BCUT2D eigenvalue weighted by Gasteiger charge is 2.18. The first-order chi connectivity index (χ1) is 7.72. The van der Waals surface area contributed by atoms with Crippen LogP contribution in [0.4, 0.5) is 0 Å². The molecule has 0 saturated carbocycles. The van der Waals surface area contributed by atoms with Gasteiger partial charge in [0.2, 0.25) is 0 Å². The van der Waals surface area contributed by atoms with Gasteiger partial charge in [-0.15, -0.1) is 0 Å². The number of nitrogens with one attached hydrogen (secondary N) is 1. The first-order valence-corrected chi connectivity index (χ1v) is 4.89. The lowest BCUT2D eigenvalue weighted by atomic mass is 10.1. The molecule has 0 spiro atoms. The Bertz CT molecular complexity index is 507. The van der Waals surface area contributed by atoms with Gasteiger partial charge in [0.1, 0.15) is 0 Å². The van der Waals surface area contributed by atoms with Crippen LogP contribution in [0.3, 0.4) is 0 Å². The van der Waals surface area contributed by atoms with Gasteiger partial charge in [0.25, 0.3) is 0 Å². The molecular weight excluding hydrogens is 208 g/mol. The van der Waals surface area contributed by atoms with Gasteiger partial charge in [-0.25, -0.2) is 4.79 Å². The summed E-state index contributed by atoms with van der Waals surface area (Å²) in [6.45, 7) is 0. The van der Waals surface area contributed by atoms with E-state index < -0.39 is 12.1 Å². The van der Waals surface area contributed by atoms with Crippen LogP contribution in [-0.2, 0) is 16.0 Å². The zero-order chi connectivity index (χ0) is 11.5. The number of hydrogen-bond acceptors (Lipinski definition) is 3. The van der Waals surface area contributed by atoms with Gasteiger partial charge < -0.3 is 9.84 Å². The van der Waals surface area contributed by atoms with E-state index in [-0.39, 0.29) is 0 Å². The van der Waals surface area contributed by atoms with Gasteiger partial charge >= 0.3 is 5.97 Å². The molecule has 1 atom stereocenters. The molecule has 1 aromatic heterocycles. The van der Waals surface area contributed by atoms with Crippen LogP contribution in [0.25, 0.3) is 10.9 Å². The van der Waals surface area contributed by atoms with E-state index in [1.165, 1.54) is 7.11 Å². The molecule has 5 heteroatoms. The average molecular weight is 220 g/mol. The van der Waals surface area contributed by atoms with Crippen molar-refractivity contribution in [3.8, 4) is 0 Å². The van der Waals surface area contributed by atoms with Gasteiger partial charge in [0.05, 0.1) is 11.7 Å². The fourth-order valence-electron chi connectivity index (χ4n) is 1.67. The van der Waals surface area contributed by atoms with Gasteiger partial charge in [0, 0.05) is 18.9 Å². The number of aromatic amines is 1. The Morgan fingerprint density at radius 3 is 3.12 bits per heavy atom. The van der Waals surface area contributed by atoms with E-state index in [9.17, 15) is 4.79 Å². The molecule has 2 N–H and O–H groups in total. The minimum absolute atomic E-state index is 0.325. The maximum atomic E-state index is 10.9. The van der Waals surface area contributed by atoms with Crippen LogP contribution in [0.5, 0.6) is 0 Å². The third-order valence-corrected chi connectivity index (χ3v) is 2.53. The van der Waals surface area contributed by atoms with Crippen molar-refractivity contribution in [3.63, 3.8) is 0 Å². The SMILES string of the molecule is COC(Cc1cccc2cn[nH]c12)C(=O)O. The second-order valence-electron chi connectivity index (χ2n) is 3.52. The minimum atomic E-state index is -0.959. The minimum Gasteiger partial charge on any atom is -0.479 e. The van der Waals surface area contributed by atoms with Gasteiger partial charge in [-0.3, -0.25) is 5.10 Å². The Morgan fingerprint density at radius 2 is 2.44 bits per heavy atom. The number of aromatic nitrogens is 2. The van der Waals surface area contributed by atoms with Crippen molar-refractivity contribution in [2.45, 2.75) is 12.5 Å². The smallest absolute Gasteiger partial charge is 0.333 e. The van der Waals surface area contributed by atoms with E-state index in [0.29, 0.717) is 6.42 Å². The molecule has 2 rings (SSSR count). The predicted molar refractivity (Wildman–Crippen MR) is 58.2 cm³/mol. The quantitative estimate of drug-likeness (QED) is 0.811. The van der Waals surface area contributed by atoms with Crippen molar-refractivity contribution in [2.75, 3.05) is 7.11 Å². The number of benzene rings is 1. The number of nitrogens with zero attached hydrogens (tertiary/aromatic N) is 1. The number of H-pyrrole nitrogens is 1. The Morgan fingerprint density at radius 1 is 1.62 bits per heavy atom. The normalized spacial score (nSPS) is 12.8. The first-order valence-electron chi connectivity index (χ1n) is 4.89. The third-order valence-electron chi connectivity index (χ3n) is 2.53. The van der Waals surface area contributed by atoms with Gasteiger partial charge in [-0.05, 0) is 5.56 Å². The molecule has 0 amide bonds. The molecule has 0 bridgehead atoms. The van der Waals surface area contributed by atoms with Crippen LogP contribution in [0.1, 0.15) is 5.56 Å². The van der Waals surface area contributed by atoms with E-state index in [1.807, 2.05) is 18.2 Å². The average Bonchev–Trinajstić information content (AvgIpc) is 2.73. The van der Waals surface area contributed by atoms with Crippen LogP contribution < -0.4 is 0 Å². The summed E-state index contributed by atoms with van der Waals surface area (Å²) in [5.41, 5.74) is 1.76. The summed E-state index contributed by atoms with van der Waals surface area (Å²) in [4.78, 5) is 10.9. The monoisotopic (exact) mass is 220 g/mol. The van der Waals surface area contributed by atoms with Crippen molar-refractivity contribution in [2.24, 2.45) is 0 Å². The second kappa shape index (κ2) is 4.32. The zero-order valence-corrected chi connectivity index (χ0v) is 8.80. The number of methoxy groups -OCH3 is 1. The number of para-hydroxylation sites is 1. The lowest BCUT2D eigenvalue weighted by Crippen LogP contribution is -2.24. The van der Waals surface area contributed by atoms with E-state index in [1.54, 1.807) is 6.20 Å². The molecule has 1 unspecified atom stereocenters. The topological polar surface area (TPSA) is 75.2 Å². The predicted octanol–water partition coefficient (Wildman–Crippen LogP) is 1.20. The standard InChI is InChI=1S/C11H12N2O3/c1-16-9(11(14)15)5-7-3-2-4-8-6-12-13-10(7)8/h2-4,6,9H,5H2,1H3,(H,12,13)(H,14,15).